The van der Waals surface area contributed by atoms with Gasteiger partial charge in [0.2, 0.25) is 5.91 Å². The van der Waals surface area contributed by atoms with Crippen LogP contribution in [-0.2, 0) is 11.2 Å². The number of nitrogens with two attached hydrogens (primary N) is 1. The number of hydrogen-bond acceptors (Lipinski definition) is 3. The Bertz CT molecular complexity index is 320. The lowest BCUT2D eigenvalue weighted by Crippen LogP contribution is -2.40. The molecule has 96 valence electrons. The van der Waals surface area contributed by atoms with Crippen molar-refractivity contribution >= 4 is 5.91 Å². The van der Waals surface area contributed by atoms with Crippen molar-refractivity contribution in [2.45, 2.75) is 39.2 Å². The van der Waals surface area contributed by atoms with E-state index in [1.807, 2.05) is 12.1 Å². The van der Waals surface area contributed by atoms with Crippen LogP contribution >= 0.6 is 0 Å². The van der Waals surface area contributed by atoms with Crippen molar-refractivity contribution in [3.05, 3.63) is 24.2 Å². The minimum absolute atomic E-state index is 0.0635. The van der Waals surface area contributed by atoms with Gasteiger partial charge in [-0.2, -0.15) is 0 Å². The van der Waals surface area contributed by atoms with E-state index < -0.39 is 0 Å². The van der Waals surface area contributed by atoms with E-state index in [0.717, 1.165) is 12.2 Å². The van der Waals surface area contributed by atoms with Crippen molar-refractivity contribution in [2.24, 2.45) is 11.7 Å². The Hall–Kier alpha value is -1.29. The quantitative estimate of drug-likeness (QED) is 0.759. The lowest BCUT2D eigenvalue weighted by atomic mass is 10.0. The van der Waals surface area contributed by atoms with E-state index in [1.54, 1.807) is 6.26 Å². The van der Waals surface area contributed by atoms with E-state index in [2.05, 4.69) is 19.2 Å². The SMILES string of the molecule is CC(C)C(CCN)NC(=O)CCc1ccco1. The predicted molar refractivity (Wildman–Crippen MR) is 67.5 cm³/mol. The fourth-order valence-electron chi connectivity index (χ4n) is 1.72. The molecule has 1 amide bonds. The molecule has 3 N–H and O–H groups in total. The summed E-state index contributed by atoms with van der Waals surface area (Å²) < 4.78 is 5.18. The Balaban J connectivity index is 2.32. The molecule has 1 atom stereocenters. The van der Waals surface area contributed by atoms with Gasteiger partial charge in [0.25, 0.3) is 0 Å². The van der Waals surface area contributed by atoms with Gasteiger partial charge in [-0.3, -0.25) is 4.79 Å². The third-order valence-corrected chi connectivity index (χ3v) is 2.81. The summed E-state index contributed by atoms with van der Waals surface area (Å²) in [5.41, 5.74) is 5.53. The maximum Gasteiger partial charge on any atom is 0.220 e. The summed E-state index contributed by atoms with van der Waals surface area (Å²) in [6.45, 7) is 4.78. The normalized spacial score (nSPS) is 12.7. The molecule has 0 bridgehead atoms. The van der Waals surface area contributed by atoms with Gasteiger partial charge in [0.15, 0.2) is 0 Å². The minimum atomic E-state index is 0.0635. The molecule has 1 heterocycles. The maximum absolute atomic E-state index is 11.7. The van der Waals surface area contributed by atoms with E-state index in [-0.39, 0.29) is 11.9 Å². The number of rotatable bonds is 7. The predicted octanol–water partition coefficient (Wildman–Crippen LogP) is 1.70. The Kier molecular flexibility index (Phi) is 5.77. The highest BCUT2D eigenvalue weighted by Crippen LogP contribution is 2.07. The van der Waals surface area contributed by atoms with Gasteiger partial charge in [-0.25, -0.2) is 0 Å². The van der Waals surface area contributed by atoms with Crippen LogP contribution in [0.15, 0.2) is 22.8 Å². The summed E-state index contributed by atoms with van der Waals surface area (Å²) in [4.78, 5) is 11.7. The lowest BCUT2D eigenvalue weighted by molar-refractivity contribution is -0.122. The van der Waals surface area contributed by atoms with E-state index in [9.17, 15) is 4.79 Å². The topological polar surface area (TPSA) is 68.3 Å². The Morgan fingerprint density at radius 1 is 1.53 bits per heavy atom. The highest BCUT2D eigenvalue weighted by Gasteiger charge is 2.15. The van der Waals surface area contributed by atoms with E-state index in [0.29, 0.717) is 25.3 Å². The molecule has 0 fully saturated rings. The second-order valence-corrected chi connectivity index (χ2v) is 4.57. The van der Waals surface area contributed by atoms with E-state index >= 15 is 0 Å². The van der Waals surface area contributed by atoms with Gasteiger partial charge in [-0.1, -0.05) is 13.8 Å². The van der Waals surface area contributed by atoms with Crippen molar-refractivity contribution in [2.75, 3.05) is 6.54 Å². The molecule has 0 saturated carbocycles. The fraction of sp³-hybridized carbons (Fsp3) is 0.615. The third kappa shape index (κ3) is 5.04. The monoisotopic (exact) mass is 238 g/mol. The van der Waals surface area contributed by atoms with Crippen molar-refractivity contribution in [1.82, 2.24) is 5.32 Å². The maximum atomic E-state index is 11.7. The van der Waals surface area contributed by atoms with E-state index in [1.165, 1.54) is 0 Å². The Morgan fingerprint density at radius 3 is 2.82 bits per heavy atom. The van der Waals surface area contributed by atoms with Crippen LogP contribution in [0.1, 0.15) is 32.4 Å². The zero-order chi connectivity index (χ0) is 12.7. The zero-order valence-electron chi connectivity index (χ0n) is 10.6. The van der Waals surface area contributed by atoms with Crippen LogP contribution in [-0.4, -0.2) is 18.5 Å². The molecule has 1 aromatic heterocycles. The van der Waals surface area contributed by atoms with Crippen molar-refractivity contribution in [3.63, 3.8) is 0 Å². The van der Waals surface area contributed by atoms with Gasteiger partial charge in [0.05, 0.1) is 6.26 Å². The summed E-state index contributed by atoms with van der Waals surface area (Å²) in [5.74, 6) is 1.32. The van der Waals surface area contributed by atoms with Crippen LogP contribution in [0.4, 0.5) is 0 Å². The highest BCUT2D eigenvalue weighted by molar-refractivity contribution is 5.76. The molecule has 0 saturated heterocycles. The van der Waals surface area contributed by atoms with E-state index in [4.69, 9.17) is 10.2 Å². The molecule has 0 aromatic carbocycles. The van der Waals surface area contributed by atoms with Gasteiger partial charge in [0, 0.05) is 18.9 Å². The summed E-state index contributed by atoms with van der Waals surface area (Å²) in [6, 6.07) is 3.88. The molecule has 17 heavy (non-hydrogen) atoms. The molecular formula is C13H22N2O2. The Morgan fingerprint density at radius 2 is 2.29 bits per heavy atom. The molecule has 0 aliphatic carbocycles. The molecule has 1 unspecified atom stereocenters. The average Bonchev–Trinajstić information content (AvgIpc) is 2.78. The smallest absolute Gasteiger partial charge is 0.220 e. The van der Waals surface area contributed by atoms with Crippen LogP contribution in [0.3, 0.4) is 0 Å². The molecule has 1 rings (SSSR count). The zero-order valence-corrected chi connectivity index (χ0v) is 10.6. The van der Waals surface area contributed by atoms with Gasteiger partial charge in [-0.15, -0.1) is 0 Å². The van der Waals surface area contributed by atoms with Crippen LogP contribution in [0.25, 0.3) is 0 Å². The molecule has 0 spiro atoms. The number of carbonyl (C=O) groups is 1. The molecule has 4 heteroatoms. The third-order valence-electron chi connectivity index (χ3n) is 2.81. The van der Waals surface area contributed by atoms with Crippen LogP contribution in [0.2, 0.25) is 0 Å². The molecular weight excluding hydrogens is 216 g/mol. The number of hydrogen-bond donors (Lipinski definition) is 2. The molecule has 1 aromatic rings. The molecule has 0 aliphatic rings. The van der Waals surface area contributed by atoms with Crippen molar-refractivity contribution in [1.29, 1.82) is 0 Å². The minimum Gasteiger partial charge on any atom is -0.469 e. The fourth-order valence-corrected chi connectivity index (χ4v) is 1.72. The first-order valence-electron chi connectivity index (χ1n) is 6.15. The summed E-state index contributed by atoms with van der Waals surface area (Å²) in [7, 11) is 0. The summed E-state index contributed by atoms with van der Waals surface area (Å²) in [5, 5.41) is 3.02. The first-order valence-corrected chi connectivity index (χ1v) is 6.15. The van der Waals surface area contributed by atoms with Crippen molar-refractivity contribution in [3.8, 4) is 0 Å². The van der Waals surface area contributed by atoms with Crippen LogP contribution in [0, 0.1) is 5.92 Å². The number of furan rings is 1. The number of aryl methyl sites for hydroxylation is 1. The van der Waals surface area contributed by atoms with Gasteiger partial charge in [0.1, 0.15) is 5.76 Å². The Labute approximate surface area is 103 Å². The lowest BCUT2D eigenvalue weighted by Gasteiger charge is -2.21. The second kappa shape index (κ2) is 7.12. The molecule has 0 aliphatic heterocycles. The largest absolute Gasteiger partial charge is 0.469 e. The van der Waals surface area contributed by atoms with Gasteiger partial charge in [-0.05, 0) is 31.0 Å². The first-order chi connectivity index (χ1) is 8.13. The molecule has 4 nitrogen and oxygen atoms in total. The molecule has 0 radical (unpaired) electrons. The number of carbonyl (C=O) groups excluding carboxylic acids is 1. The van der Waals surface area contributed by atoms with Gasteiger partial charge >= 0.3 is 0 Å². The number of nitrogens with one attached hydrogen (secondary N) is 1. The van der Waals surface area contributed by atoms with Crippen LogP contribution < -0.4 is 11.1 Å². The number of amides is 1. The van der Waals surface area contributed by atoms with Gasteiger partial charge < -0.3 is 15.5 Å². The first kappa shape index (κ1) is 13.8. The standard InChI is InChI=1S/C13H22N2O2/c1-10(2)12(7-8-14)15-13(16)6-5-11-4-3-9-17-11/h3-4,9-10,12H,5-8,14H2,1-2H3,(H,15,16). The highest BCUT2D eigenvalue weighted by atomic mass is 16.3. The van der Waals surface area contributed by atoms with Crippen molar-refractivity contribution < 1.29 is 9.21 Å². The summed E-state index contributed by atoms with van der Waals surface area (Å²) in [6.07, 6.45) is 3.55. The average molecular weight is 238 g/mol. The summed E-state index contributed by atoms with van der Waals surface area (Å²) >= 11 is 0. The second-order valence-electron chi connectivity index (χ2n) is 4.57. The van der Waals surface area contributed by atoms with Crippen LogP contribution in [0.5, 0.6) is 0 Å².